The number of benzene rings is 2. The average Bonchev–Trinajstić information content (AvgIpc) is 2.69. The lowest BCUT2D eigenvalue weighted by Crippen LogP contribution is -2.60. The fraction of sp³-hybridized carbons (Fsp3) is 0.273. The van der Waals surface area contributed by atoms with Crippen molar-refractivity contribution in [3.8, 4) is 0 Å². The number of anilines is 1. The summed E-state index contributed by atoms with van der Waals surface area (Å²) < 4.78 is 13.5. The van der Waals surface area contributed by atoms with Gasteiger partial charge in [0.15, 0.2) is 6.54 Å². The van der Waals surface area contributed by atoms with Gasteiger partial charge in [-0.15, -0.1) is 0 Å². The SMILES string of the molecule is C[N+]1(CC(=O)Nc2ccccc2Cl)CCN(C(=O)C=Cc2ccc(F)cc2)CC1. The molecule has 0 aliphatic carbocycles. The van der Waals surface area contributed by atoms with E-state index in [1.165, 1.54) is 18.2 Å². The number of piperazine rings is 1. The Bertz CT molecular complexity index is 907. The van der Waals surface area contributed by atoms with E-state index in [0.29, 0.717) is 47.9 Å². The number of carbonyl (C=O) groups is 2. The van der Waals surface area contributed by atoms with E-state index >= 15 is 0 Å². The van der Waals surface area contributed by atoms with E-state index in [1.54, 1.807) is 35.2 Å². The first-order valence-electron chi connectivity index (χ1n) is 9.45. The predicted molar refractivity (Wildman–Crippen MR) is 113 cm³/mol. The van der Waals surface area contributed by atoms with Crippen LogP contribution in [0.25, 0.3) is 6.08 Å². The summed E-state index contributed by atoms with van der Waals surface area (Å²) in [5.41, 5.74) is 1.37. The molecular formula is C22H24ClFN3O2+. The molecule has 1 aliphatic rings. The van der Waals surface area contributed by atoms with Crippen LogP contribution in [-0.4, -0.2) is 61.0 Å². The summed E-state index contributed by atoms with van der Waals surface area (Å²) in [6, 6.07) is 13.1. The van der Waals surface area contributed by atoms with Gasteiger partial charge in [0.1, 0.15) is 5.82 Å². The van der Waals surface area contributed by atoms with Crippen LogP contribution in [-0.2, 0) is 9.59 Å². The summed E-state index contributed by atoms with van der Waals surface area (Å²) >= 11 is 6.09. The lowest BCUT2D eigenvalue weighted by Gasteiger charge is -2.41. The first kappa shape index (κ1) is 21.0. The zero-order chi connectivity index (χ0) is 20.9. The van der Waals surface area contributed by atoms with Gasteiger partial charge in [-0.3, -0.25) is 9.59 Å². The molecule has 0 atom stereocenters. The van der Waals surface area contributed by atoms with Crippen molar-refractivity contribution in [1.29, 1.82) is 0 Å². The molecule has 0 unspecified atom stereocenters. The molecule has 1 aliphatic heterocycles. The van der Waals surface area contributed by atoms with Crippen LogP contribution in [0.2, 0.25) is 5.02 Å². The van der Waals surface area contributed by atoms with E-state index in [-0.39, 0.29) is 17.6 Å². The number of likely N-dealkylation sites (N-methyl/N-ethyl adjacent to an activating group) is 1. The summed E-state index contributed by atoms with van der Waals surface area (Å²) in [7, 11) is 2.02. The summed E-state index contributed by atoms with van der Waals surface area (Å²) in [5.74, 6) is -0.488. The summed E-state index contributed by atoms with van der Waals surface area (Å²) in [6.07, 6.45) is 3.19. The Morgan fingerprint density at radius 1 is 1.14 bits per heavy atom. The molecule has 0 radical (unpaired) electrons. The van der Waals surface area contributed by atoms with Crippen molar-refractivity contribution in [2.75, 3.05) is 45.1 Å². The van der Waals surface area contributed by atoms with Crippen molar-refractivity contribution in [1.82, 2.24) is 4.90 Å². The molecule has 0 saturated carbocycles. The Morgan fingerprint density at radius 2 is 1.79 bits per heavy atom. The molecule has 1 saturated heterocycles. The summed E-state index contributed by atoms with van der Waals surface area (Å²) in [6.45, 7) is 2.84. The normalized spacial score (nSPS) is 16.0. The summed E-state index contributed by atoms with van der Waals surface area (Å²) in [4.78, 5) is 26.6. The predicted octanol–water partition coefficient (Wildman–Crippen LogP) is 3.42. The molecule has 3 rings (SSSR count). The minimum Gasteiger partial charge on any atom is -0.328 e. The topological polar surface area (TPSA) is 49.4 Å². The highest BCUT2D eigenvalue weighted by Gasteiger charge is 2.32. The number of nitrogens with one attached hydrogen (secondary N) is 1. The fourth-order valence-electron chi connectivity index (χ4n) is 3.27. The highest BCUT2D eigenvalue weighted by molar-refractivity contribution is 6.33. The number of para-hydroxylation sites is 1. The Labute approximate surface area is 175 Å². The molecule has 0 spiro atoms. The highest BCUT2D eigenvalue weighted by Crippen LogP contribution is 2.21. The Kier molecular flexibility index (Phi) is 6.67. The quantitative estimate of drug-likeness (QED) is 0.599. The molecule has 29 heavy (non-hydrogen) atoms. The second kappa shape index (κ2) is 9.20. The van der Waals surface area contributed by atoms with Crippen molar-refractivity contribution >= 4 is 35.2 Å². The third kappa shape index (κ3) is 5.89. The van der Waals surface area contributed by atoms with Crippen LogP contribution in [0.3, 0.4) is 0 Å². The number of carbonyl (C=O) groups excluding carboxylic acids is 2. The Balaban J connectivity index is 1.50. The van der Waals surface area contributed by atoms with E-state index in [9.17, 15) is 14.0 Å². The van der Waals surface area contributed by atoms with Crippen molar-refractivity contribution in [2.24, 2.45) is 0 Å². The van der Waals surface area contributed by atoms with Gasteiger partial charge in [-0.05, 0) is 35.9 Å². The Morgan fingerprint density at radius 3 is 2.45 bits per heavy atom. The smallest absolute Gasteiger partial charge is 0.279 e. The molecular weight excluding hydrogens is 393 g/mol. The van der Waals surface area contributed by atoms with Crippen molar-refractivity contribution in [3.63, 3.8) is 0 Å². The molecule has 1 N–H and O–H groups in total. The first-order valence-corrected chi connectivity index (χ1v) is 9.83. The van der Waals surface area contributed by atoms with Gasteiger partial charge in [-0.25, -0.2) is 4.39 Å². The molecule has 2 amide bonds. The second-order valence-corrected chi connectivity index (χ2v) is 7.87. The third-order valence-corrected chi connectivity index (χ3v) is 5.42. The van der Waals surface area contributed by atoms with E-state index < -0.39 is 0 Å². The minimum absolute atomic E-state index is 0.0823. The molecule has 0 bridgehead atoms. The van der Waals surface area contributed by atoms with Crippen LogP contribution in [0, 0.1) is 5.82 Å². The van der Waals surface area contributed by atoms with E-state index in [4.69, 9.17) is 11.6 Å². The van der Waals surface area contributed by atoms with Gasteiger partial charge in [0.25, 0.3) is 5.91 Å². The monoisotopic (exact) mass is 416 g/mol. The number of amides is 2. The Hall–Kier alpha value is -2.70. The molecule has 7 heteroatoms. The number of nitrogens with zero attached hydrogens (tertiary/aromatic N) is 2. The minimum atomic E-state index is -0.305. The number of hydrogen-bond donors (Lipinski definition) is 1. The van der Waals surface area contributed by atoms with E-state index in [0.717, 1.165) is 5.56 Å². The van der Waals surface area contributed by atoms with Crippen LogP contribution in [0.15, 0.2) is 54.6 Å². The first-order chi connectivity index (χ1) is 13.8. The zero-order valence-corrected chi connectivity index (χ0v) is 17.0. The van der Waals surface area contributed by atoms with Crippen LogP contribution in [0.4, 0.5) is 10.1 Å². The third-order valence-electron chi connectivity index (χ3n) is 5.09. The molecule has 5 nitrogen and oxygen atoms in total. The number of halogens is 2. The maximum Gasteiger partial charge on any atom is 0.279 e. The average molecular weight is 417 g/mol. The molecule has 2 aromatic rings. The molecule has 152 valence electrons. The van der Waals surface area contributed by atoms with Crippen LogP contribution >= 0.6 is 11.6 Å². The van der Waals surface area contributed by atoms with Gasteiger partial charge in [0.05, 0.1) is 43.9 Å². The van der Waals surface area contributed by atoms with Crippen LogP contribution in [0.1, 0.15) is 5.56 Å². The maximum atomic E-state index is 12.9. The largest absolute Gasteiger partial charge is 0.328 e. The van der Waals surface area contributed by atoms with Crippen LogP contribution in [0.5, 0.6) is 0 Å². The molecule has 2 aromatic carbocycles. The summed E-state index contributed by atoms with van der Waals surface area (Å²) in [5, 5.41) is 3.36. The van der Waals surface area contributed by atoms with Crippen molar-refractivity contribution < 1.29 is 18.5 Å². The van der Waals surface area contributed by atoms with Gasteiger partial charge >= 0.3 is 0 Å². The van der Waals surface area contributed by atoms with Crippen molar-refractivity contribution in [2.45, 2.75) is 0 Å². The zero-order valence-electron chi connectivity index (χ0n) is 16.3. The van der Waals surface area contributed by atoms with Crippen molar-refractivity contribution in [3.05, 3.63) is 71.0 Å². The lowest BCUT2D eigenvalue weighted by atomic mass is 10.2. The fourth-order valence-corrected chi connectivity index (χ4v) is 3.46. The number of rotatable bonds is 5. The van der Waals surface area contributed by atoms with Crippen LogP contribution < -0.4 is 5.32 Å². The van der Waals surface area contributed by atoms with Gasteiger partial charge in [-0.2, -0.15) is 0 Å². The number of hydrogen-bond acceptors (Lipinski definition) is 2. The standard InChI is InChI=1S/C22H23ClFN3O2/c1-27(16-21(28)25-20-5-3-2-4-19(20)23)14-12-26(13-15-27)22(29)11-8-17-6-9-18(24)10-7-17/h2-11H,12-16H2,1H3/p+1. The van der Waals surface area contributed by atoms with E-state index in [1.807, 2.05) is 19.2 Å². The molecule has 1 fully saturated rings. The lowest BCUT2D eigenvalue weighted by molar-refractivity contribution is -0.905. The van der Waals surface area contributed by atoms with Gasteiger partial charge < -0.3 is 14.7 Å². The van der Waals surface area contributed by atoms with Gasteiger partial charge in [0, 0.05) is 6.08 Å². The second-order valence-electron chi connectivity index (χ2n) is 7.46. The van der Waals surface area contributed by atoms with E-state index in [2.05, 4.69) is 5.32 Å². The molecule has 1 heterocycles. The maximum absolute atomic E-state index is 12.9. The number of quaternary nitrogens is 1. The van der Waals surface area contributed by atoms with Gasteiger partial charge in [-0.1, -0.05) is 35.9 Å². The van der Waals surface area contributed by atoms with Gasteiger partial charge in [0.2, 0.25) is 5.91 Å². The highest BCUT2D eigenvalue weighted by atomic mass is 35.5. The molecule has 0 aromatic heterocycles.